The molecular formula is C21H24F3N9OS. The molecule has 1 fully saturated rings. The minimum Gasteiger partial charge on any atom is -0.368 e. The number of nitrogens with two attached hydrogens (primary N) is 1. The average Bonchev–Trinajstić information content (AvgIpc) is 3.60. The number of aromatic nitrogens is 8. The quantitative estimate of drug-likeness (QED) is 0.260. The number of carbonyl (C=O) groups is 1. The predicted molar refractivity (Wildman–Crippen MR) is 124 cm³/mol. The fourth-order valence-corrected chi connectivity index (χ4v) is 5.01. The maximum absolute atomic E-state index is 10.4. The van der Waals surface area contributed by atoms with Crippen LogP contribution in [0.25, 0.3) is 22.3 Å². The van der Waals surface area contributed by atoms with Gasteiger partial charge in [-0.15, -0.1) is 5.10 Å². The Labute approximate surface area is 202 Å². The molecule has 1 aliphatic rings. The maximum Gasteiger partial charge on any atom is 0.446 e. The van der Waals surface area contributed by atoms with Gasteiger partial charge in [-0.25, -0.2) is 15.1 Å². The fraction of sp³-hybridized carbons (Fsp3) is 0.429. The van der Waals surface area contributed by atoms with E-state index in [1.165, 1.54) is 19.3 Å². The zero-order valence-electron chi connectivity index (χ0n) is 18.6. The van der Waals surface area contributed by atoms with Crippen molar-refractivity contribution in [3.05, 3.63) is 31.0 Å². The van der Waals surface area contributed by atoms with Gasteiger partial charge in [0.15, 0.2) is 0 Å². The molecule has 0 radical (unpaired) electrons. The Balaban J connectivity index is 0.000000431. The average molecular weight is 508 g/mol. The summed E-state index contributed by atoms with van der Waals surface area (Å²) < 4.78 is 33.4. The van der Waals surface area contributed by atoms with Crippen LogP contribution in [0.5, 0.6) is 0 Å². The Morgan fingerprint density at radius 3 is 2.69 bits per heavy atom. The van der Waals surface area contributed by atoms with E-state index in [4.69, 9.17) is 10.5 Å². The van der Waals surface area contributed by atoms with Crippen molar-refractivity contribution in [3.63, 3.8) is 0 Å². The van der Waals surface area contributed by atoms with Gasteiger partial charge in [0.1, 0.15) is 12.0 Å². The summed E-state index contributed by atoms with van der Waals surface area (Å²) in [7, 11) is 0. The van der Waals surface area contributed by atoms with Crippen molar-refractivity contribution >= 4 is 35.0 Å². The lowest BCUT2D eigenvalue weighted by atomic mass is 9.84. The molecule has 10 nitrogen and oxygen atoms in total. The van der Waals surface area contributed by atoms with Crippen LogP contribution in [-0.4, -0.2) is 58.1 Å². The number of nitrogens with zero attached hydrogens (tertiary/aromatic N) is 6. The summed E-state index contributed by atoms with van der Waals surface area (Å²) >= 11 is 1.67. The third-order valence-corrected chi connectivity index (χ3v) is 6.67. The summed E-state index contributed by atoms with van der Waals surface area (Å²) in [6.45, 7) is 0. The first-order valence-corrected chi connectivity index (χ1v) is 12.0. The van der Waals surface area contributed by atoms with Crippen LogP contribution >= 0.6 is 11.8 Å². The Morgan fingerprint density at radius 1 is 1.23 bits per heavy atom. The molecule has 0 spiro atoms. The van der Waals surface area contributed by atoms with Crippen molar-refractivity contribution in [2.24, 2.45) is 5.92 Å². The van der Waals surface area contributed by atoms with Gasteiger partial charge in [0, 0.05) is 29.1 Å². The maximum atomic E-state index is 10.4. The Hall–Kier alpha value is -3.42. The third kappa shape index (κ3) is 6.59. The van der Waals surface area contributed by atoms with Gasteiger partial charge in [-0.1, -0.05) is 11.8 Å². The first-order valence-electron chi connectivity index (χ1n) is 11.0. The number of carbonyl (C=O) groups excluding carboxylic acids is 1. The molecule has 0 aliphatic heterocycles. The lowest BCUT2D eigenvalue weighted by molar-refractivity contribution is -0.156. The molecule has 0 unspecified atom stereocenters. The molecule has 4 heterocycles. The predicted octanol–water partition coefficient (Wildman–Crippen LogP) is 4.18. The number of hydrogen-bond acceptors (Lipinski definition) is 8. The number of alkyl halides is 3. The Kier molecular flexibility index (Phi) is 7.68. The minimum atomic E-state index is -4.64. The van der Waals surface area contributed by atoms with Gasteiger partial charge < -0.3 is 10.7 Å². The number of halogens is 3. The van der Waals surface area contributed by atoms with E-state index in [2.05, 4.69) is 46.1 Å². The third-order valence-electron chi connectivity index (χ3n) is 5.79. The van der Waals surface area contributed by atoms with Crippen LogP contribution in [0.15, 0.2) is 36.1 Å². The van der Waals surface area contributed by atoms with Gasteiger partial charge in [-0.2, -0.15) is 23.3 Å². The summed E-state index contributed by atoms with van der Waals surface area (Å²) in [5.41, 5.74) is 8.39. The normalized spacial score (nSPS) is 18.3. The number of hydrogen-bond donors (Lipinski definition) is 3. The van der Waals surface area contributed by atoms with E-state index in [1.54, 1.807) is 18.1 Å². The molecule has 1 aliphatic carbocycles. The molecule has 186 valence electrons. The molecule has 1 saturated carbocycles. The molecule has 14 heteroatoms. The highest BCUT2D eigenvalue weighted by molar-refractivity contribution is 7.99. The van der Waals surface area contributed by atoms with E-state index in [0.29, 0.717) is 12.0 Å². The summed E-state index contributed by atoms with van der Waals surface area (Å²) in [6.07, 6.45) is 7.80. The topological polar surface area (TPSA) is 144 Å². The lowest BCUT2D eigenvalue weighted by Crippen LogP contribution is -2.19. The number of aromatic amines is 2. The lowest BCUT2D eigenvalue weighted by Gasteiger charge is -2.28. The van der Waals surface area contributed by atoms with E-state index in [-0.39, 0.29) is 0 Å². The van der Waals surface area contributed by atoms with E-state index in [1.807, 2.05) is 18.5 Å². The van der Waals surface area contributed by atoms with Crippen molar-refractivity contribution in [1.82, 2.24) is 39.9 Å². The van der Waals surface area contributed by atoms with E-state index >= 15 is 0 Å². The van der Waals surface area contributed by atoms with Crippen molar-refractivity contribution in [1.29, 1.82) is 0 Å². The standard InChI is InChI=1S/C19H23N9S.C2HF3O/c20-18-25-19(27-26-18)29-8-6-12-1-3-14(4-2-12)28-10-13(9-24-28)16-15-5-7-21-17(15)23-11-22-16;3-2(4,5)1-6/h5,7,9-12,14H,1-4,6,8H2,(H,21,22,23)(H3,20,25,26,27);1H. The number of fused-ring (bicyclic) bond motifs is 1. The highest BCUT2D eigenvalue weighted by Gasteiger charge is 2.25. The molecule has 0 aromatic carbocycles. The van der Waals surface area contributed by atoms with Crippen LogP contribution in [0, 0.1) is 5.92 Å². The Bertz CT molecular complexity index is 1240. The van der Waals surface area contributed by atoms with Crippen LogP contribution in [0.3, 0.4) is 0 Å². The number of nitrogens with one attached hydrogen (secondary N) is 2. The zero-order chi connectivity index (χ0) is 24.8. The van der Waals surface area contributed by atoms with Crippen LogP contribution in [-0.2, 0) is 4.79 Å². The number of aldehydes is 1. The Morgan fingerprint density at radius 2 is 2.00 bits per heavy atom. The molecule has 0 atom stereocenters. The molecule has 35 heavy (non-hydrogen) atoms. The number of nitrogen functional groups attached to an aromatic ring is 1. The SMILES string of the molecule is Nc1nc(SCCC2CCC(n3cc(-c4ncnc5[nH]ccc45)cn3)CC2)n[nH]1.O=CC(F)(F)F. The van der Waals surface area contributed by atoms with Crippen LogP contribution in [0.4, 0.5) is 19.1 Å². The van der Waals surface area contributed by atoms with Crippen LogP contribution in [0.2, 0.25) is 0 Å². The number of H-pyrrole nitrogens is 2. The summed E-state index contributed by atoms with van der Waals surface area (Å²) in [5.74, 6) is 2.16. The summed E-state index contributed by atoms with van der Waals surface area (Å²) in [4.78, 5) is 24.7. The van der Waals surface area contributed by atoms with Crippen LogP contribution in [0.1, 0.15) is 38.1 Å². The number of rotatable bonds is 6. The molecule has 4 aromatic heterocycles. The largest absolute Gasteiger partial charge is 0.446 e. The second-order valence-electron chi connectivity index (χ2n) is 8.15. The molecule has 0 saturated heterocycles. The monoisotopic (exact) mass is 507 g/mol. The molecule has 0 amide bonds. The van der Waals surface area contributed by atoms with Gasteiger partial charge in [-0.3, -0.25) is 9.48 Å². The fourth-order valence-electron chi connectivity index (χ4n) is 4.10. The zero-order valence-corrected chi connectivity index (χ0v) is 19.4. The van der Waals surface area contributed by atoms with Gasteiger partial charge in [-0.05, 0) is 44.1 Å². The van der Waals surface area contributed by atoms with E-state index < -0.39 is 12.5 Å². The smallest absolute Gasteiger partial charge is 0.368 e. The first kappa shape index (κ1) is 24.7. The summed E-state index contributed by atoms with van der Waals surface area (Å²) in [6, 6.07) is 2.47. The van der Waals surface area contributed by atoms with Gasteiger partial charge >= 0.3 is 6.18 Å². The molecule has 0 bridgehead atoms. The van der Waals surface area contributed by atoms with Crippen LogP contribution < -0.4 is 5.73 Å². The van der Waals surface area contributed by atoms with E-state index in [9.17, 15) is 13.2 Å². The second kappa shape index (κ2) is 10.9. The van der Waals surface area contributed by atoms with E-state index in [0.717, 1.165) is 52.0 Å². The number of anilines is 1. The van der Waals surface area contributed by atoms with Crippen molar-refractivity contribution < 1.29 is 18.0 Å². The highest BCUT2D eigenvalue weighted by atomic mass is 32.2. The van der Waals surface area contributed by atoms with Crippen molar-refractivity contribution in [2.75, 3.05) is 11.5 Å². The molecule has 4 aromatic rings. The first-order chi connectivity index (χ1) is 16.8. The second-order valence-corrected chi connectivity index (χ2v) is 9.21. The van der Waals surface area contributed by atoms with Gasteiger partial charge in [0.2, 0.25) is 17.4 Å². The highest BCUT2D eigenvalue weighted by Crippen LogP contribution is 2.35. The molecular weight excluding hydrogens is 483 g/mol. The number of thioether (sulfide) groups is 1. The van der Waals surface area contributed by atoms with Crippen molar-refractivity contribution in [3.8, 4) is 11.3 Å². The van der Waals surface area contributed by atoms with Gasteiger partial charge in [0.25, 0.3) is 0 Å². The molecule has 5 rings (SSSR count). The van der Waals surface area contributed by atoms with Crippen molar-refractivity contribution in [2.45, 2.75) is 49.5 Å². The summed E-state index contributed by atoms with van der Waals surface area (Å²) in [5, 5.41) is 13.2. The minimum absolute atomic E-state index is 0.380. The molecule has 4 N–H and O–H groups in total. The van der Waals surface area contributed by atoms with Gasteiger partial charge in [0.05, 0.1) is 17.9 Å².